The smallest absolute Gasteiger partial charge is 0.337 e. The van der Waals surface area contributed by atoms with Gasteiger partial charge >= 0.3 is 5.97 Å². The molecule has 0 saturated heterocycles. The lowest BCUT2D eigenvalue weighted by atomic mass is 10.1. The van der Waals surface area contributed by atoms with E-state index in [9.17, 15) is 9.18 Å². The van der Waals surface area contributed by atoms with E-state index in [0.29, 0.717) is 6.54 Å². The first kappa shape index (κ1) is 14.5. The molecule has 0 unspecified atom stereocenters. The molecule has 0 atom stereocenters. The Bertz CT molecular complexity index is 628. The van der Waals surface area contributed by atoms with Crippen molar-refractivity contribution in [2.75, 3.05) is 11.9 Å². The normalized spacial score (nSPS) is 10.3. The van der Waals surface area contributed by atoms with Crippen molar-refractivity contribution >= 4 is 27.6 Å². The first-order chi connectivity index (χ1) is 9.49. The average Bonchev–Trinajstić information content (AvgIpc) is 2.40. The second-order valence-electron chi connectivity index (χ2n) is 4.42. The van der Waals surface area contributed by atoms with Crippen molar-refractivity contribution in [3.8, 4) is 0 Å². The Hall–Kier alpha value is -1.88. The zero-order valence-corrected chi connectivity index (χ0v) is 12.4. The van der Waals surface area contributed by atoms with Crippen molar-refractivity contribution in [3.63, 3.8) is 0 Å². The van der Waals surface area contributed by atoms with Crippen LogP contribution in [0.15, 0.2) is 46.9 Å². The number of carboxylic acids is 1. The number of hydrogen-bond acceptors (Lipinski definition) is 2. The molecule has 1 N–H and O–H groups in total. The van der Waals surface area contributed by atoms with Gasteiger partial charge in [0.25, 0.3) is 0 Å². The molecule has 0 radical (unpaired) electrons. The van der Waals surface area contributed by atoms with E-state index in [-0.39, 0.29) is 11.3 Å². The van der Waals surface area contributed by atoms with Crippen LogP contribution in [0.4, 0.5) is 10.1 Å². The molecule has 20 heavy (non-hydrogen) atoms. The van der Waals surface area contributed by atoms with Gasteiger partial charge in [0.1, 0.15) is 5.82 Å². The Morgan fingerprint density at radius 2 is 1.90 bits per heavy atom. The topological polar surface area (TPSA) is 40.5 Å². The summed E-state index contributed by atoms with van der Waals surface area (Å²) in [5.74, 6) is -1.67. The van der Waals surface area contributed by atoms with Crippen molar-refractivity contribution in [3.05, 3.63) is 63.9 Å². The van der Waals surface area contributed by atoms with Crippen molar-refractivity contribution < 1.29 is 14.3 Å². The van der Waals surface area contributed by atoms with Crippen LogP contribution in [-0.4, -0.2) is 18.1 Å². The van der Waals surface area contributed by atoms with E-state index in [2.05, 4.69) is 15.9 Å². The maximum atomic E-state index is 13.9. The Kier molecular flexibility index (Phi) is 4.39. The second-order valence-corrected chi connectivity index (χ2v) is 5.34. The summed E-state index contributed by atoms with van der Waals surface area (Å²) in [6, 6.07) is 11.7. The Labute approximate surface area is 124 Å². The maximum absolute atomic E-state index is 13.9. The third-order valence-corrected chi connectivity index (χ3v) is 3.46. The minimum atomic E-state index is -1.14. The predicted octanol–water partition coefficient (Wildman–Crippen LogP) is 3.92. The molecule has 0 aliphatic heterocycles. The van der Waals surface area contributed by atoms with Crippen LogP contribution in [0.25, 0.3) is 0 Å². The lowest BCUT2D eigenvalue weighted by molar-refractivity contribution is 0.0697. The molecule has 0 bridgehead atoms. The number of carboxylic acid groups (broad SMARTS) is 1. The zero-order valence-electron chi connectivity index (χ0n) is 10.8. The molecule has 0 aliphatic rings. The predicted molar refractivity (Wildman–Crippen MR) is 79.6 cm³/mol. The van der Waals surface area contributed by atoms with E-state index in [4.69, 9.17) is 5.11 Å². The van der Waals surface area contributed by atoms with Crippen LogP contribution in [0.5, 0.6) is 0 Å². The molecule has 0 saturated carbocycles. The Morgan fingerprint density at radius 1 is 1.25 bits per heavy atom. The van der Waals surface area contributed by atoms with E-state index in [1.165, 1.54) is 18.2 Å². The van der Waals surface area contributed by atoms with Gasteiger partial charge in [-0.05, 0) is 29.8 Å². The molecule has 2 aromatic rings. The highest BCUT2D eigenvalue weighted by atomic mass is 79.9. The summed E-state index contributed by atoms with van der Waals surface area (Å²) in [5, 5.41) is 9.14. The number of hydrogen-bond donors (Lipinski definition) is 1. The van der Waals surface area contributed by atoms with Crippen LogP contribution < -0.4 is 4.90 Å². The number of halogens is 2. The molecule has 0 heterocycles. The fourth-order valence-corrected chi connectivity index (χ4v) is 2.28. The van der Waals surface area contributed by atoms with Crippen LogP contribution >= 0.6 is 15.9 Å². The first-order valence-electron chi connectivity index (χ1n) is 5.96. The van der Waals surface area contributed by atoms with Crippen LogP contribution in [-0.2, 0) is 6.54 Å². The van der Waals surface area contributed by atoms with E-state index in [1.807, 2.05) is 24.3 Å². The SMILES string of the molecule is CN(Cc1ccc(Br)cc1)c1c(F)cccc1C(=O)O. The van der Waals surface area contributed by atoms with Gasteiger partial charge in [-0.3, -0.25) is 0 Å². The summed E-state index contributed by atoms with van der Waals surface area (Å²) in [6.45, 7) is 0.425. The van der Waals surface area contributed by atoms with E-state index >= 15 is 0 Å². The molecule has 0 spiro atoms. The minimum Gasteiger partial charge on any atom is -0.478 e. The summed E-state index contributed by atoms with van der Waals surface area (Å²) in [4.78, 5) is 12.8. The third-order valence-electron chi connectivity index (χ3n) is 2.93. The van der Waals surface area contributed by atoms with Crippen molar-refractivity contribution in [1.29, 1.82) is 0 Å². The van der Waals surface area contributed by atoms with E-state index in [0.717, 1.165) is 10.0 Å². The van der Waals surface area contributed by atoms with Gasteiger partial charge in [-0.25, -0.2) is 9.18 Å². The molecule has 0 fully saturated rings. The van der Waals surface area contributed by atoms with E-state index in [1.54, 1.807) is 11.9 Å². The summed E-state index contributed by atoms with van der Waals surface area (Å²) in [7, 11) is 1.67. The maximum Gasteiger partial charge on any atom is 0.337 e. The van der Waals surface area contributed by atoms with Gasteiger partial charge in [0.15, 0.2) is 0 Å². The molecule has 0 amide bonds. The number of benzene rings is 2. The number of aromatic carboxylic acids is 1. The largest absolute Gasteiger partial charge is 0.478 e. The number of rotatable bonds is 4. The molecule has 2 rings (SSSR count). The first-order valence-corrected chi connectivity index (χ1v) is 6.75. The molecule has 0 aliphatic carbocycles. The molecular weight excluding hydrogens is 325 g/mol. The van der Waals surface area contributed by atoms with Gasteiger partial charge < -0.3 is 10.0 Å². The quantitative estimate of drug-likeness (QED) is 0.919. The van der Waals surface area contributed by atoms with Crippen LogP contribution in [0, 0.1) is 5.82 Å². The number of anilines is 1. The van der Waals surface area contributed by atoms with Gasteiger partial charge in [0.05, 0.1) is 11.3 Å². The molecule has 2 aromatic carbocycles. The lowest BCUT2D eigenvalue weighted by Gasteiger charge is -2.22. The number of carbonyl (C=O) groups is 1. The zero-order chi connectivity index (χ0) is 14.7. The van der Waals surface area contributed by atoms with E-state index < -0.39 is 11.8 Å². The molecule has 104 valence electrons. The summed E-state index contributed by atoms with van der Waals surface area (Å²) < 4.78 is 14.9. The monoisotopic (exact) mass is 337 g/mol. The Morgan fingerprint density at radius 3 is 2.50 bits per heavy atom. The number of nitrogens with zero attached hydrogens (tertiary/aromatic N) is 1. The average molecular weight is 338 g/mol. The highest BCUT2D eigenvalue weighted by Crippen LogP contribution is 2.25. The fraction of sp³-hybridized carbons (Fsp3) is 0.133. The fourth-order valence-electron chi connectivity index (χ4n) is 2.02. The van der Waals surface area contributed by atoms with Crippen molar-refractivity contribution in [2.45, 2.75) is 6.54 Å². The van der Waals surface area contributed by atoms with Gasteiger partial charge in [0, 0.05) is 18.1 Å². The van der Waals surface area contributed by atoms with Gasteiger partial charge in [-0.1, -0.05) is 34.1 Å². The molecule has 0 aromatic heterocycles. The molecular formula is C15H13BrFNO2. The summed E-state index contributed by atoms with van der Waals surface area (Å²) in [5.41, 5.74) is 1.03. The lowest BCUT2D eigenvalue weighted by Crippen LogP contribution is -2.20. The molecule has 5 heteroatoms. The summed E-state index contributed by atoms with van der Waals surface area (Å²) >= 11 is 3.35. The van der Waals surface area contributed by atoms with Gasteiger partial charge in [0.2, 0.25) is 0 Å². The highest BCUT2D eigenvalue weighted by molar-refractivity contribution is 9.10. The summed E-state index contributed by atoms with van der Waals surface area (Å²) in [6.07, 6.45) is 0. The highest BCUT2D eigenvalue weighted by Gasteiger charge is 2.17. The van der Waals surface area contributed by atoms with Crippen molar-refractivity contribution in [1.82, 2.24) is 0 Å². The third kappa shape index (κ3) is 3.17. The van der Waals surface area contributed by atoms with Crippen LogP contribution in [0.3, 0.4) is 0 Å². The Balaban J connectivity index is 2.31. The van der Waals surface area contributed by atoms with Crippen LogP contribution in [0.2, 0.25) is 0 Å². The van der Waals surface area contributed by atoms with Gasteiger partial charge in [-0.2, -0.15) is 0 Å². The second kappa shape index (κ2) is 6.05. The van der Waals surface area contributed by atoms with Gasteiger partial charge in [-0.15, -0.1) is 0 Å². The number of para-hydroxylation sites is 1. The standard InChI is InChI=1S/C15H13BrFNO2/c1-18(9-10-5-7-11(16)8-6-10)14-12(15(19)20)3-2-4-13(14)17/h2-8H,9H2,1H3,(H,19,20). The molecule has 3 nitrogen and oxygen atoms in total. The minimum absolute atomic E-state index is 0.0374. The van der Waals surface area contributed by atoms with Crippen molar-refractivity contribution in [2.24, 2.45) is 0 Å². The van der Waals surface area contributed by atoms with Crippen LogP contribution in [0.1, 0.15) is 15.9 Å².